The van der Waals surface area contributed by atoms with Crippen LogP contribution in [0.2, 0.25) is 5.02 Å². The second kappa shape index (κ2) is 7.96. The Bertz CT molecular complexity index is 656. The van der Waals surface area contributed by atoms with Gasteiger partial charge < -0.3 is 10.1 Å². The lowest BCUT2D eigenvalue weighted by molar-refractivity contribution is -0.113. The maximum Gasteiger partial charge on any atom is 0.237 e. The van der Waals surface area contributed by atoms with Crippen molar-refractivity contribution in [1.82, 2.24) is 0 Å². The molecule has 1 N–H and O–H groups in total. The van der Waals surface area contributed by atoms with E-state index in [-0.39, 0.29) is 11.7 Å². The number of carbonyl (C=O) groups is 1. The zero-order chi connectivity index (χ0) is 15.9. The highest BCUT2D eigenvalue weighted by molar-refractivity contribution is 7.84. The van der Waals surface area contributed by atoms with Crippen LogP contribution in [0.4, 0.5) is 5.69 Å². The fourth-order valence-corrected chi connectivity index (χ4v) is 2.99. The Balaban J connectivity index is 1.85. The van der Waals surface area contributed by atoms with E-state index in [1.165, 1.54) is 0 Å². The molecule has 4 nitrogen and oxygen atoms in total. The number of halogens is 1. The van der Waals surface area contributed by atoms with Gasteiger partial charge in [-0.3, -0.25) is 9.00 Å². The van der Waals surface area contributed by atoms with Crippen molar-refractivity contribution in [3.8, 4) is 5.75 Å². The van der Waals surface area contributed by atoms with Crippen molar-refractivity contribution < 1.29 is 13.7 Å². The monoisotopic (exact) mass is 337 g/mol. The fourth-order valence-electron chi connectivity index (χ4n) is 1.84. The van der Waals surface area contributed by atoms with Gasteiger partial charge in [-0.05, 0) is 42.0 Å². The number of ether oxygens (including phenoxy) is 1. The topological polar surface area (TPSA) is 55.4 Å². The fraction of sp³-hybridized carbons (Fsp3) is 0.188. The van der Waals surface area contributed by atoms with E-state index in [0.717, 1.165) is 5.56 Å². The van der Waals surface area contributed by atoms with Gasteiger partial charge in [0.25, 0.3) is 0 Å². The second-order valence-electron chi connectivity index (χ2n) is 4.63. The first-order valence-corrected chi connectivity index (χ1v) is 8.47. The Morgan fingerprint density at radius 1 is 1.14 bits per heavy atom. The molecule has 0 aliphatic carbocycles. The number of hydrogen-bond acceptors (Lipinski definition) is 3. The molecule has 0 saturated carbocycles. The molecular weight excluding hydrogens is 322 g/mol. The Morgan fingerprint density at radius 2 is 1.77 bits per heavy atom. The summed E-state index contributed by atoms with van der Waals surface area (Å²) in [6.45, 7) is 0. The molecule has 0 aliphatic heterocycles. The largest absolute Gasteiger partial charge is 0.497 e. The van der Waals surface area contributed by atoms with E-state index in [4.69, 9.17) is 16.3 Å². The highest BCUT2D eigenvalue weighted by atomic mass is 35.5. The number of methoxy groups -OCH3 is 1. The molecule has 2 aromatic carbocycles. The lowest BCUT2D eigenvalue weighted by Gasteiger charge is -2.06. The summed E-state index contributed by atoms with van der Waals surface area (Å²) < 4.78 is 17.0. The number of nitrogens with one attached hydrogen (secondary N) is 1. The van der Waals surface area contributed by atoms with Crippen LogP contribution in [0.5, 0.6) is 5.75 Å². The first kappa shape index (κ1) is 16.5. The summed E-state index contributed by atoms with van der Waals surface area (Å²) in [5.41, 5.74) is 1.54. The van der Waals surface area contributed by atoms with Gasteiger partial charge in [0, 0.05) is 27.3 Å². The van der Waals surface area contributed by atoms with E-state index in [2.05, 4.69) is 5.32 Å². The summed E-state index contributed by atoms with van der Waals surface area (Å²) in [5.74, 6) is 0.712. The number of carbonyl (C=O) groups excluding carboxylic acids is 1. The molecule has 0 radical (unpaired) electrons. The molecule has 2 rings (SSSR count). The van der Waals surface area contributed by atoms with Crippen LogP contribution in [0.25, 0.3) is 0 Å². The lowest BCUT2D eigenvalue weighted by atomic mass is 10.2. The third kappa shape index (κ3) is 5.16. The van der Waals surface area contributed by atoms with Gasteiger partial charge in [-0.25, -0.2) is 0 Å². The smallest absolute Gasteiger partial charge is 0.237 e. The van der Waals surface area contributed by atoms with E-state index in [1.54, 1.807) is 43.5 Å². The van der Waals surface area contributed by atoms with E-state index in [1.807, 2.05) is 12.1 Å². The van der Waals surface area contributed by atoms with E-state index in [9.17, 15) is 9.00 Å². The molecule has 0 bridgehead atoms. The molecule has 0 saturated heterocycles. The molecule has 2 aromatic rings. The Labute approximate surface area is 136 Å². The molecule has 0 aromatic heterocycles. The summed E-state index contributed by atoms with van der Waals surface area (Å²) >= 11 is 5.80. The van der Waals surface area contributed by atoms with Crippen molar-refractivity contribution >= 4 is 34.0 Å². The van der Waals surface area contributed by atoms with Gasteiger partial charge in [0.1, 0.15) is 11.5 Å². The standard InChI is InChI=1S/C16H16ClNO3S/c1-21-15-8-6-14(7-9-15)18-16(19)11-22(20)10-12-2-4-13(17)5-3-12/h2-9H,10-11H2,1H3,(H,18,19). The molecular formula is C16H16ClNO3S. The minimum absolute atomic E-state index is 0.0470. The minimum atomic E-state index is -1.27. The minimum Gasteiger partial charge on any atom is -0.497 e. The molecule has 0 fully saturated rings. The average molecular weight is 338 g/mol. The molecule has 22 heavy (non-hydrogen) atoms. The van der Waals surface area contributed by atoms with Crippen LogP contribution in [-0.4, -0.2) is 23.0 Å². The lowest BCUT2D eigenvalue weighted by Crippen LogP contribution is -2.20. The van der Waals surface area contributed by atoms with Crippen molar-refractivity contribution in [2.24, 2.45) is 0 Å². The van der Waals surface area contributed by atoms with Crippen molar-refractivity contribution in [2.75, 3.05) is 18.2 Å². The summed E-state index contributed by atoms with van der Waals surface area (Å²) in [6.07, 6.45) is 0. The molecule has 0 aliphatic rings. The normalized spacial score (nSPS) is 11.7. The molecule has 1 amide bonds. The Morgan fingerprint density at radius 3 is 2.36 bits per heavy atom. The SMILES string of the molecule is COc1ccc(NC(=O)CS(=O)Cc2ccc(Cl)cc2)cc1. The first-order chi connectivity index (χ1) is 10.6. The quantitative estimate of drug-likeness (QED) is 0.880. The van der Waals surface area contributed by atoms with Crippen LogP contribution >= 0.6 is 11.6 Å². The number of benzene rings is 2. The van der Waals surface area contributed by atoms with Gasteiger partial charge in [-0.15, -0.1) is 0 Å². The highest BCUT2D eigenvalue weighted by Crippen LogP contribution is 2.15. The van der Waals surface area contributed by atoms with Gasteiger partial charge in [0.05, 0.1) is 7.11 Å². The molecule has 0 heterocycles. The molecule has 1 unspecified atom stereocenters. The van der Waals surface area contributed by atoms with Gasteiger partial charge >= 0.3 is 0 Å². The number of rotatable bonds is 6. The van der Waals surface area contributed by atoms with Crippen molar-refractivity contribution in [3.05, 3.63) is 59.1 Å². The second-order valence-corrected chi connectivity index (χ2v) is 6.53. The van der Waals surface area contributed by atoms with Gasteiger partial charge in [-0.2, -0.15) is 0 Å². The Hall–Kier alpha value is -1.85. The van der Waals surface area contributed by atoms with Crippen LogP contribution in [0.15, 0.2) is 48.5 Å². The van der Waals surface area contributed by atoms with E-state index >= 15 is 0 Å². The predicted octanol–water partition coefficient (Wildman–Crippen LogP) is 3.24. The van der Waals surface area contributed by atoms with Crippen LogP contribution in [0, 0.1) is 0 Å². The van der Waals surface area contributed by atoms with Crippen LogP contribution in [-0.2, 0) is 21.3 Å². The number of anilines is 1. The van der Waals surface area contributed by atoms with Gasteiger partial charge in [0.2, 0.25) is 5.91 Å². The maximum atomic E-state index is 12.0. The Kier molecular flexibility index (Phi) is 5.98. The molecule has 1 atom stereocenters. The zero-order valence-corrected chi connectivity index (χ0v) is 13.6. The maximum absolute atomic E-state index is 12.0. The number of hydrogen-bond donors (Lipinski definition) is 1. The highest BCUT2D eigenvalue weighted by Gasteiger charge is 2.09. The number of amides is 1. The first-order valence-electron chi connectivity index (χ1n) is 6.60. The molecule has 116 valence electrons. The summed E-state index contributed by atoms with van der Waals surface area (Å²) in [5, 5.41) is 3.34. The van der Waals surface area contributed by atoms with E-state index in [0.29, 0.717) is 22.2 Å². The van der Waals surface area contributed by atoms with Gasteiger partial charge in [0.15, 0.2) is 0 Å². The zero-order valence-electron chi connectivity index (χ0n) is 12.0. The summed E-state index contributed by atoms with van der Waals surface area (Å²) in [6, 6.07) is 14.1. The van der Waals surface area contributed by atoms with Crippen LogP contribution < -0.4 is 10.1 Å². The summed E-state index contributed by atoms with van der Waals surface area (Å²) in [4.78, 5) is 11.9. The predicted molar refractivity (Wildman–Crippen MR) is 89.8 cm³/mol. The molecule has 6 heteroatoms. The average Bonchev–Trinajstić information content (AvgIpc) is 2.50. The third-order valence-electron chi connectivity index (χ3n) is 2.91. The van der Waals surface area contributed by atoms with Crippen molar-refractivity contribution in [3.63, 3.8) is 0 Å². The van der Waals surface area contributed by atoms with Crippen LogP contribution in [0.3, 0.4) is 0 Å². The van der Waals surface area contributed by atoms with E-state index < -0.39 is 10.8 Å². The summed E-state index contributed by atoms with van der Waals surface area (Å²) in [7, 11) is 0.310. The molecule has 0 spiro atoms. The van der Waals surface area contributed by atoms with Crippen molar-refractivity contribution in [1.29, 1.82) is 0 Å². The third-order valence-corrected chi connectivity index (χ3v) is 4.40. The van der Waals surface area contributed by atoms with Crippen LogP contribution in [0.1, 0.15) is 5.56 Å². The van der Waals surface area contributed by atoms with Gasteiger partial charge in [-0.1, -0.05) is 23.7 Å². The van der Waals surface area contributed by atoms with Crippen molar-refractivity contribution in [2.45, 2.75) is 5.75 Å².